The topological polar surface area (TPSA) is 127 Å². The highest BCUT2D eigenvalue weighted by atomic mass is 32.2. The highest BCUT2D eigenvalue weighted by Crippen LogP contribution is 2.26. The second kappa shape index (κ2) is 7.49. The molecule has 28 heavy (non-hydrogen) atoms. The molecule has 0 unspecified atom stereocenters. The first-order chi connectivity index (χ1) is 13.1. The van der Waals surface area contributed by atoms with Crippen LogP contribution >= 0.6 is 0 Å². The van der Waals surface area contributed by atoms with Gasteiger partial charge in [0, 0.05) is 30.9 Å². The summed E-state index contributed by atoms with van der Waals surface area (Å²) in [5, 5.41) is 10.7. The predicted octanol–water partition coefficient (Wildman–Crippen LogP) is 2.10. The molecule has 0 atom stereocenters. The van der Waals surface area contributed by atoms with Gasteiger partial charge >= 0.3 is 0 Å². The van der Waals surface area contributed by atoms with Crippen molar-refractivity contribution in [3.8, 4) is 0 Å². The second-order valence-electron chi connectivity index (χ2n) is 6.32. The molecule has 0 aromatic heterocycles. The Hall–Kier alpha value is -2.50. The van der Waals surface area contributed by atoms with Gasteiger partial charge in [-0.05, 0) is 48.7 Å². The van der Waals surface area contributed by atoms with E-state index in [1.54, 1.807) is 25.1 Å². The lowest BCUT2D eigenvalue weighted by molar-refractivity contribution is -0.384. The molecule has 3 rings (SSSR count). The van der Waals surface area contributed by atoms with Crippen LogP contribution in [0.3, 0.4) is 0 Å². The van der Waals surface area contributed by atoms with Crippen molar-refractivity contribution in [1.82, 2.24) is 4.31 Å². The number of nitro benzene ring substituents is 1. The average molecular weight is 425 g/mol. The van der Waals surface area contributed by atoms with E-state index in [2.05, 4.69) is 4.72 Å². The summed E-state index contributed by atoms with van der Waals surface area (Å²) in [4.78, 5) is 9.99. The molecule has 11 heteroatoms. The molecule has 0 amide bonds. The van der Waals surface area contributed by atoms with Crippen LogP contribution in [0.4, 0.5) is 11.4 Å². The molecule has 0 bridgehead atoms. The molecule has 0 saturated carbocycles. The van der Waals surface area contributed by atoms with E-state index in [0.29, 0.717) is 18.7 Å². The summed E-state index contributed by atoms with van der Waals surface area (Å²) in [6.45, 7) is 2.18. The molecule has 0 radical (unpaired) electrons. The molecular formula is C17H19N3O6S2. The van der Waals surface area contributed by atoms with Crippen LogP contribution in [0.1, 0.15) is 18.1 Å². The minimum absolute atomic E-state index is 0.00873. The van der Waals surface area contributed by atoms with Crippen molar-refractivity contribution in [2.24, 2.45) is 0 Å². The van der Waals surface area contributed by atoms with E-state index >= 15 is 0 Å². The molecule has 9 nitrogen and oxygen atoms in total. The van der Waals surface area contributed by atoms with Gasteiger partial charge < -0.3 is 0 Å². The standard InChI is InChI=1S/C17H19N3O6S2/c1-2-27(23,24)19-10-9-13-3-4-15(11-14(13)12-19)18-28(25,26)17-7-5-16(6-8-17)20(21)22/h3-8,11,18H,2,9-10,12H2,1H3. The maximum atomic E-state index is 12.5. The van der Waals surface area contributed by atoms with Crippen LogP contribution < -0.4 is 4.72 Å². The Kier molecular flexibility index (Phi) is 5.41. The zero-order valence-corrected chi connectivity index (χ0v) is 16.7. The van der Waals surface area contributed by atoms with Crippen molar-refractivity contribution in [3.63, 3.8) is 0 Å². The SMILES string of the molecule is CCS(=O)(=O)N1CCc2ccc(NS(=O)(=O)c3ccc([N+](=O)[O-])cc3)cc2C1. The number of anilines is 1. The van der Waals surface area contributed by atoms with Crippen LogP contribution in [0.2, 0.25) is 0 Å². The van der Waals surface area contributed by atoms with Crippen LogP contribution in [0.15, 0.2) is 47.4 Å². The monoisotopic (exact) mass is 425 g/mol. The van der Waals surface area contributed by atoms with Crippen molar-refractivity contribution in [2.75, 3.05) is 17.0 Å². The van der Waals surface area contributed by atoms with Crippen molar-refractivity contribution >= 4 is 31.4 Å². The van der Waals surface area contributed by atoms with Crippen LogP contribution in [0.5, 0.6) is 0 Å². The first-order valence-electron chi connectivity index (χ1n) is 8.49. The molecule has 1 heterocycles. The summed E-state index contributed by atoms with van der Waals surface area (Å²) in [7, 11) is -7.26. The number of benzene rings is 2. The van der Waals surface area contributed by atoms with Crippen molar-refractivity contribution < 1.29 is 21.8 Å². The number of non-ortho nitro benzene ring substituents is 1. The molecule has 2 aromatic rings. The van der Waals surface area contributed by atoms with Gasteiger partial charge in [0.15, 0.2) is 0 Å². The predicted molar refractivity (Wildman–Crippen MR) is 104 cm³/mol. The molecule has 1 aliphatic heterocycles. The summed E-state index contributed by atoms with van der Waals surface area (Å²) in [6.07, 6.45) is 0.559. The van der Waals surface area contributed by atoms with Gasteiger partial charge in [0.2, 0.25) is 10.0 Å². The Morgan fingerprint density at radius 1 is 1.07 bits per heavy atom. The number of nitrogens with one attached hydrogen (secondary N) is 1. The molecule has 0 aliphatic carbocycles. The zero-order chi connectivity index (χ0) is 20.5. The first kappa shape index (κ1) is 20.2. The van der Waals surface area contributed by atoms with Crippen molar-refractivity contribution in [3.05, 3.63) is 63.7 Å². The molecule has 1 N–H and O–H groups in total. The number of rotatable bonds is 6. The Bertz CT molecular complexity index is 1110. The van der Waals surface area contributed by atoms with E-state index in [1.165, 1.54) is 4.31 Å². The lowest BCUT2D eigenvalue weighted by Gasteiger charge is -2.28. The minimum atomic E-state index is -3.93. The first-order valence-corrected chi connectivity index (χ1v) is 11.6. The van der Waals surface area contributed by atoms with Gasteiger partial charge in [-0.3, -0.25) is 14.8 Å². The summed E-state index contributed by atoms with van der Waals surface area (Å²) < 4.78 is 53.1. The molecule has 0 saturated heterocycles. The number of sulfonamides is 2. The largest absolute Gasteiger partial charge is 0.280 e. The molecule has 150 valence electrons. The Labute approximate surface area is 163 Å². The third-order valence-corrected chi connectivity index (χ3v) is 7.78. The Morgan fingerprint density at radius 3 is 2.36 bits per heavy atom. The summed E-state index contributed by atoms with van der Waals surface area (Å²) in [5.74, 6) is 0.00873. The molecular weight excluding hydrogens is 406 g/mol. The van der Waals surface area contributed by atoms with E-state index in [0.717, 1.165) is 35.4 Å². The minimum Gasteiger partial charge on any atom is -0.280 e. The fourth-order valence-electron chi connectivity index (χ4n) is 2.98. The summed E-state index contributed by atoms with van der Waals surface area (Å²) in [5.41, 5.74) is 1.81. The van der Waals surface area contributed by atoms with E-state index in [9.17, 15) is 26.9 Å². The van der Waals surface area contributed by atoms with Crippen molar-refractivity contribution in [1.29, 1.82) is 0 Å². The smallest absolute Gasteiger partial charge is 0.269 e. The fourth-order valence-corrected chi connectivity index (χ4v) is 5.10. The third kappa shape index (κ3) is 4.16. The summed E-state index contributed by atoms with van der Waals surface area (Å²) in [6, 6.07) is 9.58. The van der Waals surface area contributed by atoms with Crippen LogP contribution in [-0.2, 0) is 33.0 Å². The molecule has 0 spiro atoms. The lowest BCUT2D eigenvalue weighted by atomic mass is 10.0. The van der Waals surface area contributed by atoms with Crippen LogP contribution in [0.25, 0.3) is 0 Å². The number of nitrogens with zero attached hydrogens (tertiary/aromatic N) is 2. The number of fused-ring (bicyclic) bond motifs is 1. The second-order valence-corrected chi connectivity index (χ2v) is 10.3. The molecule has 2 aromatic carbocycles. The maximum absolute atomic E-state index is 12.5. The number of hydrogen-bond donors (Lipinski definition) is 1. The Balaban J connectivity index is 1.84. The van der Waals surface area contributed by atoms with Gasteiger partial charge in [-0.25, -0.2) is 16.8 Å². The van der Waals surface area contributed by atoms with Gasteiger partial charge in [-0.1, -0.05) is 6.07 Å². The van der Waals surface area contributed by atoms with Crippen LogP contribution in [-0.4, -0.2) is 38.4 Å². The van der Waals surface area contributed by atoms with Crippen molar-refractivity contribution in [2.45, 2.75) is 24.8 Å². The lowest BCUT2D eigenvalue weighted by Crippen LogP contribution is -2.36. The fraction of sp³-hybridized carbons (Fsp3) is 0.294. The van der Waals surface area contributed by atoms with E-state index < -0.39 is 25.0 Å². The number of nitro groups is 1. The third-order valence-electron chi connectivity index (χ3n) is 4.55. The Morgan fingerprint density at radius 2 is 1.75 bits per heavy atom. The van der Waals surface area contributed by atoms with Gasteiger partial charge in [-0.2, -0.15) is 4.31 Å². The van der Waals surface area contributed by atoms with Gasteiger partial charge in [0.25, 0.3) is 15.7 Å². The normalized spacial score (nSPS) is 15.0. The highest BCUT2D eigenvalue weighted by Gasteiger charge is 2.25. The highest BCUT2D eigenvalue weighted by molar-refractivity contribution is 7.92. The average Bonchev–Trinajstić information content (AvgIpc) is 2.67. The number of hydrogen-bond acceptors (Lipinski definition) is 6. The maximum Gasteiger partial charge on any atom is 0.269 e. The van der Waals surface area contributed by atoms with Crippen LogP contribution in [0, 0.1) is 10.1 Å². The van der Waals surface area contributed by atoms with E-state index in [-0.39, 0.29) is 22.9 Å². The quantitative estimate of drug-likeness (QED) is 0.558. The van der Waals surface area contributed by atoms with Gasteiger partial charge in [-0.15, -0.1) is 0 Å². The van der Waals surface area contributed by atoms with Gasteiger partial charge in [0.05, 0.1) is 15.6 Å². The molecule has 1 aliphatic rings. The molecule has 0 fully saturated rings. The van der Waals surface area contributed by atoms with E-state index in [4.69, 9.17) is 0 Å². The van der Waals surface area contributed by atoms with E-state index in [1.807, 2.05) is 0 Å². The summed E-state index contributed by atoms with van der Waals surface area (Å²) >= 11 is 0. The van der Waals surface area contributed by atoms with Gasteiger partial charge in [0.1, 0.15) is 0 Å². The zero-order valence-electron chi connectivity index (χ0n) is 15.0.